The molecule has 1 aromatic carbocycles. The Kier molecular flexibility index (Phi) is 5.86. The Hall–Kier alpha value is -2.48. The molecule has 0 aliphatic heterocycles. The maximum Gasteiger partial charge on any atom is 0.277 e. The van der Waals surface area contributed by atoms with Gasteiger partial charge in [-0.1, -0.05) is 25.6 Å². The van der Waals surface area contributed by atoms with E-state index in [0.717, 1.165) is 6.42 Å². The Bertz CT molecular complexity index is 774. The van der Waals surface area contributed by atoms with E-state index in [1.54, 1.807) is 31.4 Å². The second-order valence-corrected chi connectivity index (χ2v) is 6.58. The van der Waals surface area contributed by atoms with Crippen molar-refractivity contribution in [3.8, 4) is 5.75 Å². The van der Waals surface area contributed by atoms with Gasteiger partial charge in [-0.05, 0) is 30.7 Å². The lowest BCUT2D eigenvalue weighted by molar-refractivity contribution is 0.102. The lowest BCUT2D eigenvalue weighted by atomic mass is 10.2. The number of anilines is 2. The van der Waals surface area contributed by atoms with Crippen molar-refractivity contribution in [1.29, 1.82) is 0 Å². The van der Waals surface area contributed by atoms with Crippen molar-refractivity contribution in [2.75, 3.05) is 18.2 Å². The number of benzene rings is 1. The standard InChI is InChI=1S/C16H20N4O3S/c1-4-9(2)24-16-19-13(17)12(15(22)20-16)18-14(21)10-5-7-11(23-3)8-6-10/h5-9H,4H2,1-3H3,(H,18,21)(H3,17,19,20,22)/t9-/m0/s1. The summed E-state index contributed by atoms with van der Waals surface area (Å²) < 4.78 is 5.04. The number of nitrogens with one attached hydrogen (secondary N) is 2. The van der Waals surface area contributed by atoms with Crippen molar-refractivity contribution in [3.63, 3.8) is 0 Å². The Morgan fingerprint density at radius 1 is 1.42 bits per heavy atom. The lowest BCUT2D eigenvalue weighted by Crippen LogP contribution is -2.23. The summed E-state index contributed by atoms with van der Waals surface area (Å²) in [7, 11) is 1.54. The first kappa shape index (κ1) is 17.9. The van der Waals surface area contributed by atoms with Crippen molar-refractivity contribution in [2.45, 2.75) is 30.7 Å². The molecule has 2 rings (SSSR count). The number of rotatable bonds is 6. The minimum absolute atomic E-state index is 0.00795. The molecule has 0 aliphatic carbocycles. The zero-order valence-corrected chi connectivity index (χ0v) is 14.6. The largest absolute Gasteiger partial charge is 0.497 e. The van der Waals surface area contributed by atoms with Gasteiger partial charge in [0.2, 0.25) is 0 Å². The molecule has 2 aromatic rings. The predicted octanol–water partition coefficient (Wildman–Crippen LogP) is 2.50. The van der Waals surface area contributed by atoms with E-state index >= 15 is 0 Å². The van der Waals surface area contributed by atoms with Gasteiger partial charge in [0.1, 0.15) is 11.4 Å². The second-order valence-electron chi connectivity index (χ2n) is 5.15. The molecule has 0 radical (unpaired) electrons. The molecule has 1 aromatic heterocycles. The summed E-state index contributed by atoms with van der Waals surface area (Å²) in [6.07, 6.45) is 0.935. The van der Waals surface area contributed by atoms with Crippen LogP contribution in [0.1, 0.15) is 30.6 Å². The van der Waals surface area contributed by atoms with Crippen LogP contribution in [0.5, 0.6) is 5.75 Å². The molecule has 128 valence electrons. The van der Waals surface area contributed by atoms with Gasteiger partial charge in [0.25, 0.3) is 11.5 Å². The Balaban J connectivity index is 2.19. The molecule has 0 bridgehead atoms. The number of hydrogen-bond donors (Lipinski definition) is 3. The molecule has 0 saturated carbocycles. The van der Waals surface area contributed by atoms with Gasteiger partial charge in [-0.15, -0.1) is 0 Å². The number of aromatic nitrogens is 2. The van der Waals surface area contributed by atoms with Gasteiger partial charge in [0.05, 0.1) is 7.11 Å². The van der Waals surface area contributed by atoms with Crippen LogP contribution in [0, 0.1) is 0 Å². The van der Waals surface area contributed by atoms with Crippen LogP contribution >= 0.6 is 11.8 Å². The monoisotopic (exact) mass is 348 g/mol. The number of amides is 1. The maximum atomic E-state index is 12.2. The average molecular weight is 348 g/mol. The van der Waals surface area contributed by atoms with Crippen LogP contribution in [0.2, 0.25) is 0 Å². The highest BCUT2D eigenvalue weighted by molar-refractivity contribution is 7.99. The van der Waals surface area contributed by atoms with Gasteiger partial charge >= 0.3 is 0 Å². The van der Waals surface area contributed by atoms with E-state index in [9.17, 15) is 9.59 Å². The molecule has 0 saturated heterocycles. The number of carbonyl (C=O) groups is 1. The summed E-state index contributed by atoms with van der Waals surface area (Å²) in [5, 5.41) is 3.24. The van der Waals surface area contributed by atoms with Gasteiger partial charge in [-0.25, -0.2) is 4.98 Å². The average Bonchev–Trinajstić information content (AvgIpc) is 2.58. The summed E-state index contributed by atoms with van der Waals surface area (Å²) in [6, 6.07) is 6.51. The first-order chi connectivity index (χ1) is 11.4. The van der Waals surface area contributed by atoms with E-state index in [1.807, 2.05) is 13.8 Å². The second kappa shape index (κ2) is 7.87. The van der Waals surface area contributed by atoms with Crippen LogP contribution in [0.3, 0.4) is 0 Å². The lowest BCUT2D eigenvalue weighted by Gasteiger charge is -2.10. The summed E-state index contributed by atoms with van der Waals surface area (Å²) in [4.78, 5) is 31.2. The Morgan fingerprint density at radius 2 is 2.08 bits per heavy atom. The zero-order valence-electron chi connectivity index (χ0n) is 13.8. The number of nitrogens with zero attached hydrogens (tertiary/aromatic N) is 1. The predicted molar refractivity (Wildman–Crippen MR) is 95.8 cm³/mol. The van der Waals surface area contributed by atoms with Gasteiger partial charge in [-0.2, -0.15) is 0 Å². The van der Waals surface area contributed by atoms with Crippen molar-refractivity contribution in [1.82, 2.24) is 9.97 Å². The molecule has 1 atom stereocenters. The highest BCUT2D eigenvalue weighted by Crippen LogP contribution is 2.23. The van der Waals surface area contributed by atoms with E-state index in [2.05, 4.69) is 15.3 Å². The van der Waals surface area contributed by atoms with Crippen LogP contribution in [-0.4, -0.2) is 28.2 Å². The number of carbonyl (C=O) groups excluding carboxylic acids is 1. The van der Waals surface area contributed by atoms with Crippen LogP contribution in [0.4, 0.5) is 11.5 Å². The topological polar surface area (TPSA) is 110 Å². The normalized spacial score (nSPS) is 11.8. The minimum atomic E-state index is -0.477. The van der Waals surface area contributed by atoms with E-state index in [-0.39, 0.29) is 11.5 Å². The number of aromatic amines is 1. The fraction of sp³-hybridized carbons (Fsp3) is 0.312. The van der Waals surface area contributed by atoms with Crippen LogP contribution in [0.15, 0.2) is 34.2 Å². The third-order valence-corrected chi connectivity index (χ3v) is 4.56. The molecule has 0 fully saturated rings. The third kappa shape index (κ3) is 4.29. The number of nitrogens with two attached hydrogens (primary N) is 1. The number of thioether (sulfide) groups is 1. The fourth-order valence-corrected chi connectivity index (χ4v) is 2.70. The fourth-order valence-electron chi connectivity index (χ4n) is 1.85. The molecular formula is C16H20N4O3S. The van der Waals surface area contributed by atoms with E-state index in [4.69, 9.17) is 10.5 Å². The van der Waals surface area contributed by atoms with Crippen LogP contribution in [-0.2, 0) is 0 Å². The van der Waals surface area contributed by atoms with Gasteiger partial charge in [0.15, 0.2) is 11.0 Å². The molecule has 1 amide bonds. The molecule has 8 heteroatoms. The van der Waals surface area contributed by atoms with Crippen molar-refractivity contribution in [2.24, 2.45) is 0 Å². The summed E-state index contributed by atoms with van der Waals surface area (Å²) in [6.45, 7) is 4.07. The number of nitrogen functional groups attached to an aromatic ring is 1. The van der Waals surface area contributed by atoms with Crippen molar-refractivity contribution < 1.29 is 9.53 Å². The summed E-state index contributed by atoms with van der Waals surface area (Å²) >= 11 is 1.43. The molecule has 4 N–H and O–H groups in total. The van der Waals surface area contributed by atoms with Crippen molar-refractivity contribution in [3.05, 3.63) is 40.2 Å². The van der Waals surface area contributed by atoms with E-state index in [0.29, 0.717) is 21.7 Å². The van der Waals surface area contributed by atoms with Gasteiger partial charge in [-0.3, -0.25) is 14.6 Å². The highest BCUT2D eigenvalue weighted by Gasteiger charge is 2.15. The van der Waals surface area contributed by atoms with Gasteiger partial charge in [0, 0.05) is 10.8 Å². The quantitative estimate of drug-likeness (QED) is 0.546. The first-order valence-corrected chi connectivity index (χ1v) is 8.34. The minimum Gasteiger partial charge on any atom is -0.497 e. The van der Waals surface area contributed by atoms with E-state index < -0.39 is 11.5 Å². The Morgan fingerprint density at radius 3 is 2.62 bits per heavy atom. The summed E-state index contributed by atoms with van der Waals surface area (Å²) in [5.41, 5.74) is 5.69. The number of methoxy groups -OCH3 is 1. The highest BCUT2D eigenvalue weighted by atomic mass is 32.2. The first-order valence-electron chi connectivity index (χ1n) is 7.46. The van der Waals surface area contributed by atoms with Crippen LogP contribution in [0.25, 0.3) is 0 Å². The van der Waals surface area contributed by atoms with E-state index in [1.165, 1.54) is 11.8 Å². The number of ether oxygens (including phenoxy) is 1. The van der Waals surface area contributed by atoms with Crippen molar-refractivity contribution >= 4 is 29.2 Å². The molecule has 0 aliphatic rings. The molecule has 0 spiro atoms. The molecule has 0 unspecified atom stereocenters. The molecule has 24 heavy (non-hydrogen) atoms. The summed E-state index contributed by atoms with van der Waals surface area (Å²) in [5.74, 6) is 0.183. The van der Waals surface area contributed by atoms with Gasteiger partial charge < -0.3 is 15.8 Å². The Labute approximate surface area is 144 Å². The zero-order chi connectivity index (χ0) is 17.7. The third-order valence-electron chi connectivity index (χ3n) is 3.40. The molecule has 1 heterocycles. The molecular weight excluding hydrogens is 328 g/mol. The SMILES string of the molecule is CC[C@H](C)Sc1nc(N)c(NC(=O)c2ccc(OC)cc2)c(=O)[nH]1. The van der Waals surface area contributed by atoms with Crippen LogP contribution < -0.4 is 21.3 Å². The maximum absolute atomic E-state index is 12.2. The number of hydrogen-bond acceptors (Lipinski definition) is 6. The number of H-pyrrole nitrogens is 1. The molecule has 7 nitrogen and oxygen atoms in total. The smallest absolute Gasteiger partial charge is 0.277 e.